The molecule has 1 aliphatic heterocycles. The van der Waals surface area contributed by atoms with E-state index in [1.54, 1.807) is 67.7 Å². The molecule has 0 spiro atoms. The van der Waals surface area contributed by atoms with Gasteiger partial charge in [0.1, 0.15) is 0 Å². The number of rotatable bonds is 6. The highest BCUT2D eigenvalue weighted by Gasteiger charge is 2.34. The van der Waals surface area contributed by atoms with Crippen LogP contribution in [0.5, 0.6) is 0 Å². The minimum Gasteiger partial charge on any atom is -0.452 e. The van der Waals surface area contributed by atoms with Gasteiger partial charge in [-0.1, -0.05) is 42.5 Å². The molecule has 1 aliphatic rings. The van der Waals surface area contributed by atoms with E-state index in [2.05, 4.69) is 0 Å². The smallest absolute Gasteiger partial charge is 0.338 e. The van der Waals surface area contributed by atoms with E-state index in [0.717, 1.165) is 0 Å². The van der Waals surface area contributed by atoms with E-state index in [1.807, 2.05) is 18.2 Å². The summed E-state index contributed by atoms with van der Waals surface area (Å²) in [5, 5.41) is 0. The molecule has 7 nitrogen and oxygen atoms in total. The summed E-state index contributed by atoms with van der Waals surface area (Å²) in [4.78, 5) is 52.1. The molecule has 0 saturated heterocycles. The molecule has 0 aromatic heterocycles. The van der Waals surface area contributed by atoms with E-state index < -0.39 is 5.97 Å². The van der Waals surface area contributed by atoms with Crippen LogP contribution in [0.4, 0.5) is 5.69 Å². The van der Waals surface area contributed by atoms with Crippen molar-refractivity contribution in [2.75, 3.05) is 18.6 Å². The van der Waals surface area contributed by atoms with Gasteiger partial charge in [-0.15, -0.1) is 0 Å². The molecule has 0 radical (unpaired) electrons. The summed E-state index contributed by atoms with van der Waals surface area (Å²) < 4.78 is 5.13. The lowest BCUT2D eigenvalue weighted by molar-refractivity contribution is -0.121. The van der Waals surface area contributed by atoms with Gasteiger partial charge in [0, 0.05) is 12.7 Å². The number of amides is 3. The van der Waals surface area contributed by atoms with Crippen molar-refractivity contribution in [3.63, 3.8) is 0 Å². The van der Waals surface area contributed by atoms with E-state index in [4.69, 9.17) is 4.74 Å². The number of carbonyl (C=O) groups is 4. The summed E-state index contributed by atoms with van der Waals surface area (Å²) in [7, 11) is 1.61. The third kappa shape index (κ3) is 4.13. The molecule has 0 saturated carbocycles. The van der Waals surface area contributed by atoms with Crippen LogP contribution >= 0.6 is 0 Å². The highest BCUT2D eigenvalue weighted by Crippen LogP contribution is 2.24. The minimum absolute atomic E-state index is 0.0992. The van der Waals surface area contributed by atoms with Crippen molar-refractivity contribution in [1.29, 1.82) is 0 Å². The number of ether oxygens (including phenoxy) is 1. The molecule has 4 rings (SSSR count). The number of imide groups is 1. The molecule has 0 unspecified atom stereocenters. The van der Waals surface area contributed by atoms with E-state index in [1.165, 1.54) is 9.80 Å². The standard InChI is InChI=1S/C25H20N2O5/c1-26(19-7-3-2-4-8-19)22(28)16-32-25(31)18-13-11-17(12-14-18)15-27-23(29)20-9-5-6-10-21(20)24(27)30/h2-14H,15-16H2,1H3. The molecule has 3 aromatic rings. The molecule has 0 atom stereocenters. The van der Waals surface area contributed by atoms with Crippen molar-refractivity contribution < 1.29 is 23.9 Å². The highest BCUT2D eigenvalue weighted by atomic mass is 16.5. The van der Waals surface area contributed by atoms with Gasteiger partial charge in [0.25, 0.3) is 17.7 Å². The quantitative estimate of drug-likeness (QED) is 0.444. The highest BCUT2D eigenvalue weighted by molar-refractivity contribution is 6.21. The van der Waals surface area contributed by atoms with Crippen molar-refractivity contribution in [1.82, 2.24) is 4.90 Å². The Hall–Kier alpha value is -4.26. The van der Waals surface area contributed by atoms with Crippen LogP contribution in [0.2, 0.25) is 0 Å². The fourth-order valence-corrected chi connectivity index (χ4v) is 3.41. The zero-order valence-corrected chi connectivity index (χ0v) is 17.4. The number of esters is 1. The SMILES string of the molecule is CN(C(=O)COC(=O)c1ccc(CN2C(=O)c3ccccc3C2=O)cc1)c1ccccc1. The predicted octanol–water partition coefficient (Wildman–Crippen LogP) is 3.30. The Morgan fingerprint density at radius 2 is 1.38 bits per heavy atom. The maximum absolute atomic E-state index is 12.5. The number of hydrogen-bond donors (Lipinski definition) is 0. The molecule has 160 valence electrons. The first-order chi connectivity index (χ1) is 15.5. The maximum atomic E-state index is 12.5. The molecule has 7 heteroatoms. The van der Waals surface area contributed by atoms with Crippen LogP contribution in [0.1, 0.15) is 36.6 Å². The Morgan fingerprint density at radius 1 is 0.812 bits per heavy atom. The summed E-state index contributed by atoms with van der Waals surface area (Å²) in [6.07, 6.45) is 0. The van der Waals surface area contributed by atoms with Crippen molar-refractivity contribution >= 4 is 29.4 Å². The van der Waals surface area contributed by atoms with Crippen molar-refractivity contribution in [3.8, 4) is 0 Å². The van der Waals surface area contributed by atoms with Gasteiger partial charge >= 0.3 is 5.97 Å². The molecule has 3 aromatic carbocycles. The Labute approximate surface area is 184 Å². The molecule has 0 bridgehead atoms. The molecule has 1 heterocycles. The van der Waals surface area contributed by atoms with Gasteiger partial charge in [-0.05, 0) is 42.0 Å². The lowest BCUT2D eigenvalue weighted by Crippen LogP contribution is -2.31. The summed E-state index contributed by atoms with van der Waals surface area (Å²) in [5.74, 6) is -1.66. The third-order valence-corrected chi connectivity index (χ3v) is 5.25. The van der Waals surface area contributed by atoms with Crippen LogP contribution in [-0.4, -0.2) is 42.2 Å². The molecule has 32 heavy (non-hydrogen) atoms. The number of likely N-dealkylation sites (N-methyl/N-ethyl adjacent to an activating group) is 1. The average molecular weight is 428 g/mol. The summed E-state index contributed by atoms with van der Waals surface area (Å²) >= 11 is 0. The van der Waals surface area contributed by atoms with Crippen LogP contribution in [0.3, 0.4) is 0 Å². The van der Waals surface area contributed by atoms with Gasteiger partial charge in [-0.25, -0.2) is 4.79 Å². The molecular weight excluding hydrogens is 408 g/mol. The Kier molecular flexibility index (Phi) is 5.81. The zero-order chi connectivity index (χ0) is 22.7. The lowest BCUT2D eigenvalue weighted by Gasteiger charge is -2.17. The summed E-state index contributed by atoms with van der Waals surface area (Å²) in [6.45, 7) is -0.289. The molecule has 3 amide bonds. The molecule has 0 N–H and O–H groups in total. The first-order valence-electron chi connectivity index (χ1n) is 9.98. The monoisotopic (exact) mass is 428 g/mol. The third-order valence-electron chi connectivity index (χ3n) is 5.25. The summed E-state index contributed by atoms with van der Waals surface area (Å²) in [6, 6.07) is 22.1. The minimum atomic E-state index is -0.632. The van der Waals surface area contributed by atoms with Gasteiger partial charge in [-0.3, -0.25) is 19.3 Å². The number of anilines is 1. The van der Waals surface area contributed by atoms with E-state index in [9.17, 15) is 19.2 Å². The van der Waals surface area contributed by atoms with Crippen LogP contribution in [0.15, 0.2) is 78.9 Å². The fourth-order valence-electron chi connectivity index (χ4n) is 3.41. The second-order valence-corrected chi connectivity index (χ2v) is 7.30. The Balaban J connectivity index is 1.35. The van der Waals surface area contributed by atoms with Gasteiger partial charge in [0.2, 0.25) is 0 Å². The topological polar surface area (TPSA) is 84.0 Å². The van der Waals surface area contributed by atoms with Gasteiger partial charge in [0.15, 0.2) is 6.61 Å². The zero-order valence-electron chi connectivity index (χ0n) is 17.4. The molecule has 0 aliphatic carbocycles. The van der Waals surface area contributed by atoms with Crippen LogP contribution in [0.25, 0.3) is 0 Å². The Morgan fingerprint density at radius 3 is 1.97 bits per heavy atom. The average Bonchev–Trinajstić information content (AvgIpc) is 3.08. The summed E-state index contributed by atoms with van der Waals surface area (Å²) in [5.41, 5.74) is 2.44. The first kappa shape index (κ1) is 21.0. The second kappa shape index (κ2) is 8.85. The number of para-hydroxylation sites is 1. The van der Waals surface area contributed by atoms with Crippen molar-refractivity contribution in [2.45, 2.75) is 6.54 Å². The van der Waals surface area contributed by atoms with Crippen molar-refractivity contribution in [2.24, 2.45) is 0 Å². The largest absolute Gasteiger partial charge is 0.452 e. The molecular formula is C25H20N2O5. The van der Waals surface area contributed by atoms with E-state index in [-0.39, 0.29) is 36.4 Å². The van der Waals surface area contributed by atoms with Crippen molar-refractivity contribution in [3.05, 3.63) is 101 Å². The predicted molar refractivity (Wildman–Crippen MR) is 117 cm³/mol. The van der Waals surface area contributed by atoms with E-state index in [0.29, 0.717) is 22.4 Å². The maximum Gasteiger partial charge on any atom is 0.338 e. The fraction of sp³-hybridized carbons (Fsp3) is 0.120. The van der Waals surface area contributed by atoms with Gasteiger partial charge < -0.3 is 9.64 Å². The number of carbonyl (C=O) groups excluding carboxylic acids is 4. The second-order valence-electron chi connectivity index (χ2n) is 7.30. The van der Waals surface area contributed by atoms with Crippen LogP contribution in [-0.2, 0) is 16.1 Å². The number of benzene rings is 3. The lowest BCUT2D eigenvalue weighted by atomic mass is 10.1. The van der Waals surface area contributed by atoms with Gasteiger partial charge in [-0.2, -0.15) is 0 Å². The number of fused-ring (bicyclic) bond motifs is 1. The number of hydrogen-bond acceptors (Lipinski definition) is 5. The Bertz CT molecular complexity index is 1150. The van der Waals surface area contributed by atoms with E-state index >= 15 is 0 Å². The van der Waals surface area contributed by atoms with Gasteiger partial charge in [0.05, 0.1) is 23.2 Å². The van der Waals surface area contributed by atoms with Crippen LogP contribution in [0, 0.1) is 0 Å². The van der Waals surface area contributed by atoms with Crippen LogP contribution < -0.4 is 4.90 Å². The first-order valence-corrected chi connectivity index (χ1v) is 9.98. The normalized spacial score (nSPS) is 12.5. The molecule has 0 fully saturated rings. The number of nitrogens with zero attached hydrogens (tertiary/aromatic N) is 2.